The van der Waals surface area contributed by atoms with Gasteiger partial charge in [-0.2, -0.15) is 0 Å². The van der Waals surface area contributed by atoms with Crippen LogP contribution in [0.15, 0.2) is 36.5 Å². The van der Waals surface area contributed by atoms with Gasteiger partial charge in [-0.05, 0) is 86.2 Å². The second-order valence-electron chi connectivity index (χ2n) is 10.1. The number of aromatic nitrogens is 1. The van der Waals surface area contributed by atoms with E-state index in [1.807, 2.05) is 6.07 Å². The van der Waals surface area contributed by atoms with Crippen LogP contribution in [0.1, 0.15) is 72.1 Å². The fourth-order valence-electron chi connectivity index (χ4n) is 5.50. The van der Waals surface area contributed by atoms with E-state index in [0.29, 0.717) is 18.1 Å². The third-order valence-corrected chi connectivity index (χ3v) is 7.50. The molecule has 2 aromatic rings. The molecule has 1 amide bonds. The quantitative estimate of drug-likeness (QED) is 0.583. The second kappa shape index (κ2) is 11.3. The van der Waals surface area contributed by atoms with Crippen molar-refractivity contribution in [1.82, 2.24) is 15.6 Å². The minimum absolute atomic E-state index is 0.119. The molecule has 6 nitrogen and oxygen atoms in total. The zero-order chi connectivity index (χ0) is 23.2. The van der Waals surface area contributed by atoms with E-state index in [2.05, 4.69) is 33.8 Å². The molecule has 2 N–H and O–H groups in total. The van der Waals surface area contributed by atoms with Gasteiger partial charge in [0.2, 0.25) is 0 Å². The molecule has 3 aliphatic rings. The summed E-state index contributed by atoms with van der Waals surface area (Å²) in [5.41, 5.74) is 4.57. The normalized spacial score (nSPS) is 22.5. The van der Waals surface area contributed by atoms with Gasteiger partial charge in [0.05, 0.1) is 12.3 Å². The van der Waals surface area contributed by atoms with Crippen molar-refractivity contribution in [2.45, 2.75) is 76.5 Å². The summed E-state index contributed by atoms with van der Waals surface area (Å²) in [5, 5.41) is 6.83. The lowest BCUT2D eigenvalue weighted by Crippen LogP contribution is -2.39. The van der Waals surface area contributed by atoms with E-state index in [9.17, 15) is 4.79 Å². The highest BCUT2D eigenvalue weighted by Crippen LogP contribution is 2.25. The maximum absolute atomic E-state index is 12.7. The Morgan fingerprint density at radius 2 is 1.97 bits per heavy atom. The van der Waals surface area contributed by atoms with Gasteiger partial charge in [0.1, 0.15) is 18.1 Å². The van der Waals surface area contributed by atoms with Gasteiger partial charge in [-0.25, -0.2) is 4.98 Å². The van der Waals surface area contributed by atoms with E-state index < -0.39 is 0 Å². The molecule has 1 aliphatic heterocycles. The molecule has 2 atom stereocenters. The monoisotopic (exact) mass is 463 g/mol. The van der Waals surface area contributed by atoms with Crippen LogP contribution >= 0.6 is 0 Å². The number of ether oxygens (including phenoxy) is 2. The maximum atomic E-state index is 12.7. The van der Waals surface area contributed by atoms with Crippen LogP contribution < -0.4 is 15.4 Å². The molecule has 0 spiro atoms. The number of aryl methyl sites for hydroxylation is 1. The maximum Gasteiger partial charge on any atom is 0.270 e. The minimum Gasteiger partial charge on any atom is -0.489 e. The van der Waals surface area contributed by atoms with Crippen molar-refractivity contribution in [2.24, 2.45) is 5.92 Å². The highest BCUT2D eigenvalue weighted by Gasteiger charge is 2.22. The Labute approximate surface area is 202 Å². The lowest BCUT2D eigenvalue weighted by Gasteiger charge is -2.26. The van der Waals surface area contributed by atoms with Gasteiger partial charge < -0.3 is 20.1 Å². The third kappa shape index (κ3) is 6.16. The van der Waals surface area contributed by atoms with Crippen LogP contribution in [0.5, 0.6) is 5.75 Å². The summed E-state index contributed by atoms with van der Waals surface area (Å²) in [4.78, 5) is 17.1. The molecule has 5 rings (SSSR count). The summed E-state index contributed by atoms with van der Waals surface area (Å²) in [6.45, 7) is 3.44. The first-order chi connectivity index (χ1) is 16.7. The molecular weight excluding hydrogens is 426 g/mol. The first-order valence-electron chi connectivity index (χ1n) is 13.1. The van der Waals surface area contributed by atoms with Crippen molar-refractivity contribution in [3.63, 3.8) is 0 Å². The van der Waals surface area contributed by atoms with E-state index in [4.69, 9.17) is 9.47 Å². The number of pyridine rings is 1. The van der Waals surface area contributed by atoms with Gasteiger partial charge in [0.15, 0.2) is 0 Å². The molecule has 1 saturated carbocycles. The zero-order valence-corrected chi connectivity index (χ0v) is 20.1. The highest BCUT2D eigenvalue weighted by molar-refractivity contribution is 5.92. The van der Waals surface area contributed by atoms with Gasteiger partial charge >= 0.3 is 0 Å². The molecule has 1 aromatic carbocycles. The number of amides is 1. The fourth-order valence-corrected chi connectivity index (χ4v) is 5.50. The van der Waals surface area contributed by atoms with Crippen LogP contribution in [-0.2, 0) is 24.1 Å². The molecule has 2 heterocycles. The zero-order valence-electron chi connectivity index (χ0n) is 20.1. The van der Waals surface area contributed by atoms with Gasteiger partial charge in [-0.1, -0.05) is 31.0 Å². The second-order valence-corrected chi connectivity index (χ2v) is 10.1. The number of hydrogen-bond donors (Lipinski definition) is 2. The number of nitrogens with zero attached hydrogens (tertiary/aromatic N) is 1. The summed E-state index contributed by atoms with van der Waals surface area (Å²) < 4.78 is 11.3. The first kappa shape index (κ1) is 23.3. The largest absolute Gasteiger partial charge is 0.489 e. The minimum atomic E-state index is -0.119. The molecule has 1 saturated heterocycles. The van der Waals surface area contributed by atoms with Gasteiger partial charge in [-0.3, -0.25) is 4.79 Å². The van der Waals surface area contributed by atoms with Crippen molar-refractivity contribution in [3.8, 4) is 5.75 Å². The SMILES string of the molecule is O=C(N[C@H]1CCc2cc(CNCC3CCCC3)ccc2C1)c1ccc(OC[C@@H]2CCCO2)cn1. The molecule has 34 heavy (non-hydrogen) atoms. The lowest BCUT2D eigenvalue weighted by atomic mass is 9.87. The Balaban J connectivity index is 1.08. The van der Waals surface area contributed by atoms with E-state index in [-0.39, 0.29) is 18.1 Å². The predicted molar refractivity (Wildman–Crippen MR) is 132 cm³/mol. The van der Waals surface area contributed by atoms with Crippen molar-refractivity contribution in [3.05, 3.63) is 58.9 Å². The molecule has 1 aromatic heterocycles. The molecule has 0 bridgehead atoms. The van der Waals surface area contributed by atoms with Crippen LogP contribution in [-0.4, -0.2) is 42.8 Å². The van der Waals surface area contributed by atoms with Crippen molar-refractivity contribution < 1.29 is 14.3 Å². The number of rotatable bonds is 9. The number of fused-ring (bicyclic) bond motifs is 1. The molecular formula is C28H37N3O3. The number of hydrogen-bond acceptors (Lipinski definition) is 5. The molecule has 0 radical (unpaired) electrons. The molecule has 2 aliphatic carbocycles. The van der Waals surface area contributed by atoms with Crippen LogP contribution in [0.25, 0.3) is 0 Å². The Kier molecular flexibility index (Phi) is 7.76. The lowest BCUT2D eigenvalue weighted by molar-refractivity contribution is 0.0678. The molecule has 0 unspecified atom stereocenters. The average molecular weight is 464 g/mol. The van der Waals surface area contributed by atoms with E-state index in [0.717, 1.165) is 57.7 Å². The van der Waals surface area contributed by atoms with Crippen LogP contribution in [0.3, 0.4) is 0 Å². The smallest absolute Gasteiger partial charge is 0.270 e. The van der Waals surface area contributed by atoms with Crippen LogP contribution in [0, 0.1) is 5.92 Å². The van der Waals surface area contributed by atoms with Gasteiger partial charge in [-0.15, -0.1) is 0 Å². The highest BCUT2D eigenvalue weighted by atomic mass is 16.5. The molecule has 6 heteroatoms. The van der Waals surface area contributed by atoms with Crippen molar-refractivity contribution in [1.29, 1.82) is 0 Å². The van der Waals surface area contributed by atoms with Crippen LogP contribution in [0.2, 0.25) is 0 Å². The number of nitrogens with one attached hydrogen (secondary N) is 2. The fraction of sp³-hybridized carbons (Fsp3) is 0.571. The van der Waals surface area contributed by atoms with Gasteiger partial charge in [0.25, 0.3) is 5.91 Å². The number of carbonyl (C=O) groups is 1. The van der Waals surface area contributed by atoms with Gasteiger partial charge in [0, 0.05) is 19.2 Å². The van der Waals surface area contributed by atoms with Crippen molar-refractivity contribution in [2.75, 3.05) is 19.8 Å². The topological polar surface area (TPSA) is 72.5 Å². The Hall–Kier alpha value is -2.44. The van der Waals surface area contributed by atoms with Crippen molar-refractivity contribution >= 4 is 5.91 Å². The Morgan fingerprint density at radius 1 is 1.06 bits per heavy atom. The summed E-state index contributed by atoms with van der Waals surface area (Å²) >= 11 is 0. The van der Waals surface area contributed by atoms with E-state index in [1.54, 1.807) is 12.3 Å². The Bertz CT molecular complexity index is 950. The van der Waals surface area contributed by atoms with Crippen LogP contribution in [0.4, 0.5) is 0 Å². The predicted octanol–water partition coefficient (Wildman–Crippen LogP) is 4.21. The summed E-state index contributed by atoms with van der Waals surface area (Å²) in [7, 11) is 0. The summed E-state index contributed by atoms with van der Waals surface area (Å²) in [5.74, 6) is 1.42. The third-order valence-electron chi connectivity index (χ3n) is 7.50. The standard InChI is InChI=1S/C28H37N3O3/c32-28(27-12-11-25(18-30-27)34-19-26-6-3-13-33-26)31-24-10-9-22-14-21(7-8-23(22)15-24)17-29-16-20-4-1-2-5-20/h7-8,11-12,14,18,20,24,26,29H,1-6,9-10,13,15-17,19H2,(H,31,32)/t24-,26-/m0/s1. The Morgan fingerprint density at radius 3 is 2.76 bits per heavy atom. The summed E-state index contributed by atoms with van der Waals surface area (Å²) in [6.07, 6.45) is 12.3. The number of carbonyl (C=O) groups excluding carboxylic acids is 1. The number of benzene rings is 1. The van der Waals surface area contributed by atoms with E-state index in [1.165, 1.54) is 42.4 Å². The van der Waals surface area contributed by atoms with E-state index >= 15 is 0 Å². The first-order valence-corrected chi connectivity index (χ1v) is 13.1. The molecule has 2 fully saturated rings. The summed E-state index contributed by atoms with van der Waals surface area (Å²) in [6, 6.07) is 10.5. The average Bonchev–Trinajstić information content (AvgIpc) is 3.58. The molecule has 182 valence electrons.